The number of anilines is 1. The Morgan fingerprint density at radius 1 is 1.47 bits per heavy atom. The fourth-order valence-electron chi connectivity index (χ4n) is 2.21. The SMILES string of the molecule is CCSc1cccc(NC2CCOCC2)c1C(=O)O. The highest BCUT2D eigenvalue weighted by molar-refractivity contribution is 7.99. The van der Waals surface area contributed by atoms with E-state index in [9.17, 15) is 9.90 Å². The van der Waals surface area contributed by atoms with E-state index in [1.54, 1.807) is 11.8 Å². The lowest BCUT2D eigenvalue weighted by atomic mass is 10.1. The average molecular weight is 281 g/mol. The molecular weight excluding hydrogens is 262 g/mol. The number of nitrogens with one attached hydrogen (secondary N) is 1. The van der Waals surface area contributed by atoms with Gasteiger partial charge in [0.05, 0.1) is 11.3 Å². The normalized spacial score (nSPS) is 16.3. The molecule has 0 bridgehead atoms. The summed E-state index contributed by atoms with van der Waals surface area (Å²) in [5.74, 6) is -0.00724. The summed E-state index contributed by atoms with van der Waals surface area (Å²) >= 11 is 1.56. The maximum atomic E-state index is 11.5. The molecule has 0 amide bonds. The van der Waals surface area contributed by atoms with Gasteiger partial charge in [0.25, 0.3) is 0 Å². The van der Waals surface area contributed by atoms with Crippen molar-refractivity contribution < 1.29 is 14.6 Å². The Morgan fingerprint density at radius 2 is 2.21 bits per heavy atom. The third-order valence-corrected chi connectivity index (χ3v) is 4.06. The van der Waals surface area contributed by atoms with Crippen molar-refractivity contribution in [2.45, 2.75) is 30.7 Å². The van der Waals surface area contributed by atoms with Gasteiger partial charge in [0.2, 0.25) is 0 Å². The molecule has 1 fully saturated rings. The fraction of sp³-hybridized carbons (Fsp3) is 0.500. The van der Waals surface area contributed by atoms with E-state index in [1.165, 1.54) is 0 Å². The molecule has 0 radical (unpaired) electrons. The summed E-state index contributed by atoms with van der Waals surface area (Å²) in [4.78, 5) is 12.3. The van der Waals surface area contributed by atoms with Crippen LogP contribution < -0.4 is 5.32 Å². The number of carbonyl (C=O) groups is 1. The lowest BCUT2D eigenvalue weighted by molar-refractivity contribution is 0.0694. The Bertz CT molecular complexity index is 444. The lowest BCUT2D eigenvalue weighted by Crippen LogP contribution is -2.28. The smallest absolute Gasteiger partial charge is 0.338 e. The van der Waals surface area contributed by atoms with Crippen molar-refractivity contribution in [3.05, 3.63) is 23.8 Å². The summed E-state index contributed by atoms with van der Waals surface area (Å²) in [7, 11) is 0. The maximum absolute atomic E-state index is 11.5. The molecule has 4 nitrogen and oxygen atoms in total. The maximum Gasteiger partial charge on any atom is 0.338 e. The van der Waals surface area contributed by atoms with Gasteiger partial charge in [-0.1, -0.05) is 13.0 Å². The van der Waals surface area contributed by atoms with E-state index < -0.39 is 5.97 Å². The van der Waals surface area contributed by atoms with Crippen molar-refractivity contribution in [1.29, 1.82) is 0 Å². The Labute approximate surface area is 117 Å². The van der Waals surface area contributed by atoms with Crippen molar-refractivity contribution in [1.82, 2.24) is 0 Å². The van der Waals surface area contributed by atoms with Gasteiger partial charge in [-0.25, -0.2) is 4.79 Å². The van der Waals surface area contributed by atoms with E-state index in [4.69, 9.17) is 4.74 Å². The zero-order valence-corrected chi connectivity index (χ0v) is 11.8. The fourth-order valence-corrected chi connectivity index (χ4v) is 3.04. The molecule has 0 atom stereocenters. The molecule has 1 aromatic carbocycles. The van der Waals surface area contributed by atoms with Crippen LogP contribution in [0.25, 0.3) is 0 Å². The lowest BCUT2D eigenvalue weighted by Gasteiger charge is -2.25. The first-order valence-corrected chi connectivity index (χ1v) is 7.54. The van der Waals surface area contributed by atoms with E-state index in [0.29, 0.717) is 11.6 Å². The molecular formula is C14H19NO3S. The quantitative estimate of drug-likeness (QED) is 0.812. The van der Waals surface area contributed by atoms with Crippen LogP contribution in [0.3, 0.4) is 0 Å². The second-order valence-corrected chi connectivity index (χ2v) is 5.75. The average Bonchev–Trinajstić information content (AvgIpc) is 2.40. The van der Waals surface area contributed by atoms with E-state index >= 15 is 0 Å². The molecule has 0 aliphatic carbocycles. The first-order chi connectivity index (χ1) is 9.22. The van der Waals surface area contributed by atoms with Crippen molar-refractivity contribution >= 4 is 23.4 Å². The molecule has 0 aromatic heterocycles. The van der Waals surface area contributed by atoms with Crippen molar-refractivity contribution in [3.63, 3.8) is 0 Å². The first kappa shape index (κ1) is 14.2. The van der Waals surface area contributed by atoms with Gasteiger partial charge in [-0.15, -0.1) is 11.8 Å². The second kappa shape index (κ2) is 6.82. The highest BCUT2D eigenvalue weighted by atomic mass is 32.2. The third-order valence-electron chi connectivity index (χ3n) is 3.12. The number of carboxylic acid groups (broad SMARTS) is 1. The number of ether oxygens (including phenoxy) is 1. The van der Waals surface area contributed by atoms with Gasteiger partial charge >= 0.3 is 5.97 Å². The largest absolute Gasteiger partial charge is 0.478 e. The molecule has 0 unspecified atom stereocenters. The van der Waals surface area contributed by atoms with E-state index in [2.05, 4.69) is 5.32 Å². The van der Waals surface area contributed by atoms with Gasteiger partial charge in [0.1, 0.15) is 0 Å². The minimum atomic E-state index is -0.869. The van der Waals surface area contributed by atoms with Gasteiger partial charge in [0, 0.05) is 24.2 Å². The van der Waals surface area contributed by atoms with Crippen LogP contribution in [0.2, 0.25) is 0 Å². The highest BCUT2D eigenvalue weighted by Crippen LogP contribution is 2.29. The van der Waals surface area contributed by atoms with Crippen molar-refractivity contribution in [2.24, 2.45) is 0 Å². The molecule has 1 saturated heterocycles. The summed E-state index contributed by atoms with van der Waals surface area (Å²) < 4.78 is 5.32. The van der Waals surface area contributed by atoms with Crippen LogP contribution >= 0.6 is 11.8 Å². The first-order valence-electron chi connectivity index (χ1n) is 6.55. The zero-order chi connectivity index (χ0) is 13.7. The predicted molar refractivity (Wildman–Crippen MR) is 77.3 cm³/mol. The van der Waals surface area contributed by atoms with Crippen molar-refractivity contribution in [2.75, 3.05) is 24.3 Å². The molecule has 0 saturated carbocycles. The number of thioether (sulfide) groups is 1. The van der Waals surface area contributed by atoms with E-state index in [-0.39, 0.29) is 0 Å². The number of aromatic carboxylic acids is 1. The molecule has 19 heavy (non-hydrogen) atoms. The standard InChI is InChI=1S/C14H19NO3S/c1-2-19-12-5-3-4-11(13(12)14(16)17)15-10-6-8-18-9-7-10/h3-5,10,15H,2,6-9H2,1H3,(H,16,17). The number of carboxylic acids is 1. The van der Waals surface area contributed by atoms with Crippen LogP contribution in [-0.4, -0.2) is 36.1 Å². The summed E-state index contributed by atoms with van der Waals surface area (Å²) in [5.41, 5.74) is 1.11. The Balaban J connectivity index is 2.22. The highest BCUT2D eigenvalue weighted by Gasteiger charge is 2.19. The monoisotopic (exact) mass is 281 g/mol. The van der Waals surface area contributed by atoms with Gasteiger partial charge in [-0.3, -0.25) is 0 Å². The van der Waals surface area contributed by atoms with Gasteiger partial charge in [0.15, 0.2) is 0 Å². The van der Waals surface area contributed by atoms with Crippen LogP contribution in [0.15, 0.2) is 23.1 Å². The number of benzene rings is 1. The topological polar surface area (TPSA) is 58.6 Å². The Kier molecular flexibility index (Phi) is 5.10. The minimum Gasteiger partial charge on any atom is -0.478 e. The molecule has 1 aliphatic rings. The van der Waals surface area contributed by atoms with Gasteiger partial charge < -0.3 is 15.2 Å². The molecule has 1 aromatic rings. The molecule has 2 N–H and O–H groups in total. The Morgan fingerprint density at radius 3 is 2.84 bits per heavy atom. The van der Waals surface area contributed by atoms with Crippen LogP contribution in [0.1, 0.15) is 30.1 Å². The molecule has 1 aliphatic heterocycles. The van der Waals surface area contributed by atoms with E-state index in [0.717, 1.165) is 42.4 Å². The van der Waals surface area contributed by atoms with Crippen LogP contribution in [0.5, 0.6) is 0 Å². The predicted octanol–water partition coefficient (Wildman–Crippen LogP) is 3.09. The summed E-state index contributed by atoms with van der Waals surface area (Å²) in [6.07, 6.45) is 1.84. The van der Waals surface area contributed by atoms with Gasteiger partial charge in [-0.05, 0) is 30.7 Å². The third kappa shape index (κ3) is 3.64. The minimum absolute atomic E-state index is 0.300. The van der Waals surface area contributed by atoms with Crippen LogP contribution in [0, 0.1) is 0 Å². The molecule has 5 heteroatoms. The summed E-state index contributed by atoms with van der Waals surface area (Å²) in [6, 6.07) is 5.92. The zero-order valence-electron chi connectivity index (χ0n) is 11.0. The second-order valence-electron chi connectivity index (χ2n) is 4.45. The molecule has 2 rings (SSSR count). The van der Waals surface area contributed by atoms with Gasteiger partial charge in [-0.2, -0.15) is 0 Å². The summed E-state index contributed by atoms with van der Waals surface area (Å²) in [6.45, 7) is 3.50. The van der Waals surface area contributed by atoms with Crippen molar-refractivity contribution in [3.8, 4) is 0 Å². The Hall–Kier alpha value is -1.20. The number of hydrogen-bond donors (Lipinski definition) is 2. The van der Waals surface area contributed by atoms with E-state index in [1.807, 2.05) is 25.1 Å². The molecule has 104 valence electrons. The molecule has 1 heterocycles. The van der Waals surface area contributed by atoms with Crippen LogP contribution in [0.4, 0.5) is 5.69 Å². The summed E-state index contributed by atoms with van der Waals surface area (Å²) in [5, 5.41) is 12.8. The molecule has 0 spiro atoms. The number of hydrogen-bond acceptors (Lipinski definition) is 4. The number of rotatable bonds is 5. The van der Waals surface area contributed by atoms with Crippen LogP contribution in [-0.2, 0) is 4.74 Å².